The molecule has 0 unspecified atom stereocenters. The number of aromatic nitrogens is 1. The van der Waals surface area contributed by atoms with E-state index < -0.39 is 0 Å². The second kappa shape index (κ2) is 6.26. The number of amides is 1. The van der Waals surface area contributed by atoms with Gasteiger partial charge in [0.05, 0.1) is 0 Å². The zero-order valence-corrected chi connectivity index (χ0v) is 12.3. The largest absolute Gasteiger partial charge is 0.479 e. The van der Waals surface area contributed by atoms with Gasteiger partial charge in [-0.3, -0.25) is 4.79 Å². The van der Waals surface area contributed by atoms with E-state index in [-0.39, 0.29) is 12.5 Å². The summed E-state index contributed by atoms with van der Waals surface area (Å²) in [6, 6.07) is 10.6. The number of carbonyl (C=O) groups is 1. The molecule has 1 aromatic carbocycles. The number of rotatable bonds is 4. The summed E-state index contributed by atoms with van der Waals surface area (Å²) in [5, 5.41) is 11.3. The zero-order valence-electron chi connectivity index (χ0n) is 10.8. The van der Waals surface area contributed by atoms with E-state index in [9.17, 15) is 4.79 Å². The van der Waals surface area contributed by atoms with Crippen LogP contribution in [0.1, 0.15) is 10.5 Å². The van der Waals surface area contributed by atoms with Gasteiger partial charge in [-0.1, -0.05) is 6.07 Å². The van der Waals surface area contributed by atoms with Gasteiger partial charge in [-0.05, 0) is 34.1 Å². The van der Waals surface area contributed by atoms with Gasteiger partial charge < -0.3 is 14.6 Å². The standard InChI is InChI=1S/C14H12BrN3O2/c1-18-9-10(15)7-13(18)14(19)17-11-3-2-4-12(8-11)20-6-5-16/h2-4,7-9H,6H2,1H3,(H,17,19). The molecule has 0 aliphatic heterocycles. The van der Waals surface area contributed by atoms with Crippen LogP contribution in [0, 0.1) is 11.3 Å². The molecule has 6 heteroatoms. The van der Waals surface area contributed by atoms with Crippen LogP contribution in [0.5, 0.6) is 5.75 Å². The molecule has 0 atom stereocenters. The van der Waals surface area contributed by atoms with E-state index >= 15 is 0 Å². The number of hydrogen-bond acceptors (Lipinski definition) is 3. The predicted molar refractivity (Wildman–Crippen MR) is 78.6 cm³/mol. The minimum absolute atomic E-state index is 0.0256. The van der Waals surface area contributed by atoms with E-state index in [1.807, 2.05) is 6.07 Å². The summed E-state index contributed by atoms with van der Waals surface area (Å²) in [6.07, 6.45) is 1.81. The molecule has 20 heavy (non-hydrogen) atoms. The molecule has 0 saturated heterocycles. The summed E-state index contributed by atoms with van der Waals surface area (Å²) in [5.41, 5.74) is 1.16. The van der Waals surface area contributed by atoms with E-state index in [1.165, 1.54) is 0 Å². The molecule has 0 aliphatic rings. The van der Waals surface area contributed by atoms with Crippen molar-refractivity contribution < 1.29 is 9.53 Å². The smallest absolute Gasteiger partial charge is 0.272 e. The van der Waals surface area contributed by atoms with E-state index in [1.54, 1.807) is 48.1 Å². The van der Waals surface area contributed by atoms with Crippen molar-refractivity contribution in [2.45, 2.75) is 0 Å². The molecule has 0 saturated carbocycles. The number of nitrogens with zero attached hydrogens (tertiary/aromatic N) is 2. The Morgan fingerprint density at radius 2 is 2.30 bits per heavy atom. The van der Waals surface area contributed by atoms with E-state index in [2.05, 4.69) is 21.2 Å². The van der Waals surface area contributed by atoms with Gasteiger partial charge in [0.1, 0.15) is 17.5 Å². The minimum atomic E-state index is -0.212. The van der Waals surface area contributed by atoms with Gasteiger partial charge in [-0.2, -0.15) is 5.26 Å². The van der Waals surface area contributed by atoms with Gasteiger partial charge >= 0.3 is 0 Å². The highest BCUT2D eigenvalue weighted by atomic mass is 79.9. The Labute approximate surface area is 124 Å². The van der Waals surface area contributed by atoms with Crippen molar-refractivity contribution in [2.24, 2.45) is 7.05 Å². The van der Waals surface area contributed by atoms with Crippen molar-refractivity contribution in [3.05, 3.63) is 46.7 Å². The number of benzene rings is 1. The Morgan fingerprint density at radius 3 is 2.95 bits per heavy atom. The number of nitriles is 1. The van der Waals surface area contributed by atoms with Crippen LogP contribution < -0.4 is 10.1 Å². The monoisotopic (exact) mass is 333 g/mol. The van der Waals surface area contributed by atoms with Gasteiger partial charge in [-0.25, -0.2) is 0 Å². The van der Waals surface area contributed by atoms with E-state index in [0.717, 1.165) is 4.47 Å². The Bertz CT molecular complexity index is 673. The summed E-state index contributed by atoms with van der Waals surface area (Å²) in [5.74, 6) is 0.327. The molecule has 2 aromatic rings. The molecule has 0 spiro atoms. The van der Waals surface area contributed by atoms with Crippen LogP contribution in [-0.2, 0) is 7.05 Å². The number of halogens is 1. The molecule has 2 rings (SSSR count). The van der Waals surface area contributed by atoms with Gasteiger partial charge in [0.15, 0.2) is 6.61 Å². The number of ether oxygens (including phenoxy) is 1. The summed E-state index contributed by atoms with van der Waals surface area (Å²) in [7, 11) is 1.80. The maximum atomic E-state index is 12.1. The van der Waals surface area contributed by atoms with Crippen LogP contribution in [0.4, 0.5) is 5.69 Å². The van der Waals surface area contributed by atoms with E-state index in [0.29, 0.717) is 17.1 Å². The van der Waals surface area contributed by atoms with Crippen molar-refractivity contribution >= 4 is 27.5 Å². The second-order valence-corrected chi connectivity index (χ2v) is 5.00. The Kier molecular flexibility index (Phi) is 4.43. The molecule has 1 amide bonds. The van der Waals surface area contributed by atoms with Crippen molar-refractivity contribution in [2.75, 3.05) is 11.9 Å². The molecule has 1 heterocycles. The first-order chi connectivity index (χ1) is 9.60. The summed E-state index contributed by atoms with van der Waals surface area (Å²) < 4.78 is 7.76. The fourth-order valence-electron chi connectivity index (χ4n) is 1.72. The summed E-state index contributed by atoms with van der Waals surface area (Å²) >= 11 is 3.33. The topological polar surface area (TPSA) is 67.1 Å². The lowest BCUT2D eigenvalue weighted by molar-refractivity contribution is 0.101. The third kappa shape index (κ3) is 3.39. The maximum Gasteiger partial charge on any atom is 0.272 e. The van der Waals surface area contributed by atoms with Crippen molar-refractivity contribution in [1.82, 2.24) is 4.57 Å². The molecular formula is C14H12BrN3O2. The van der Waals surface area contributed by atoms with Crippen molar-refractivity contribution in [1.29, 1.82) is 5.26 Å². The summed E-state index contributed by atoms with van der Waals surface area (Å²) in [6.45, 7) is -0.0256. The van der Waals surface area contributed by atoms with Crippen LogP contribution in [0.3, 0.4) is 0 Å². The highest BCUT2D eigenvalue weighted by Crippen LogP contribution is 2.19. The molecule has 5 nitrogen and oxygen atoms in total. The normalized spacial score (nSPS) is 9.85. The third-order valence-electron chi connectivity index (χ3n) is 2.60. The number of nitrogens with one attached hydrogen (secondary N) is 1. The molecule has 0 radical (unpaired) electrons. The number of anilines is 1. The SMILES string of the molecule is Cn1cc(Br)cc1C(=O)Nc1cccc(OCC#N)c1. The van der Waals surface area contributed by atoms with Gasteiger partial charge in [0.2, 0.25) is 0 Å². The third-order valence-corrected chi connectivity index (χ3v) is 3.03. The Morgan fingerprint density at radius 1 is 1.50 bits per heavy atom. The minimum Gasteiger partial charge on any atom is -0.479 e. The summed E-state index contributed by atoms with van der Waals surface area (Å²) in [4.78, 5) is 12.1. The fraction of sp³-hybridized carbons (Fsp3) is 0.143. The molecule has 0 fully saturated rings. The van der Waals surface area contributed by atoms with E-state index in [4.69, 9.17) is 10.00 Å². The molecule has 0 aliphatic carbocycles. The van der Waals surface area contributed by atoms with Gasteiger partial charge in [-0.15, -0.1) is 0 Å². The van der Waals surface area contributed by atoms with Gasteiger partial charge in [0.25, 0.3) is 5.91 Å². The number of carbonyl (C=O) groups excluding carboxylic acids is 1. The highest BCUT2D eigenvalue weighted by Gasteiger charge is 2.11. The highest BCUT2D eigenvalue weighted by molar-refractivity contribution is 9.10. The number of aryl methyl sites for hydroxylation is 1. The van der Waals surface area contributed by atoms with Crippen LogP contribution in [0.15, 0.2) is 41.0 Å². The molecule has 1 N–H and O–H groups in total. The van der Waals surface area contributed by atoms with Crippen LogP contribution >= 0.6 is 15.9 Å². The maximum absolute atomic E-state index is 12.1. The first-order valence-electron chi connectivity index (χ1n) is 5.83. The Balaban J connectivity index is 2.12. The molecular weight excluding hydrogens is 322 g/mol. The van der Waals surface area contributed by atoms with Crippen LogP contribution in [0.2, 0.25) is 0 Å². The lowest BCUT2D eigenvalue weighted by atomic mass is 10.3. The second-order valence-electron chi connectivity index (χ2n) is 4.08. The van der Waals surface area contributed by atoms with Crippen molar-refractivity contribution in [3.8, 4) is 11.8 Å². The molecule has 0 bridgehead atoms. The Hall–Kier alpha value is -2.26. The zero-order chi connectivity index (χ0) is 14.5. The van der Waals surface area contributed by atoms with Gasteiger partial charge in [0, 0.05) is 29.5 Å². The van der Waals surface area contributed by atoms with Crippen LogP contribution in [-0.4, -0.2) is 17.1 Å². The molecule has 102 valence electrons. The van der Waals surface area contributed by atoms with Crippen LogP contribution in [0.25, 0.3) is 0 Å². The number of hydrogen-bond donors (Lipinski definition) is 1. The average molecular weight is 334 g/mol. The average Bonchev–Trinajstić information content (AvgIpc) is 2.76. The lowest BCUT2D eigenvalue weighted by Gasteiger charge is -2.08. The molecule has 1 aromatic heterocycles. The van der Waals surface area contributed by atoms with Crippen molar-refractivity contribution in [3.63, 3.8) is 0 Å². The lowest BCUT2D eigenvalue weighted by Crippen LogP contribution is -2.15. The first-order valence-corrected chi connectivity index (χ1v) is 6.62. The predicted octanol–water partition coefficient (Wildman–Crippen LogP) is 2.94. The fourth-order valence-corrected chi connectivity index (χ4v) is 2.25. The first kappa shape index (κ1) is 14.2. The quantitative estimate of drug-likeness (QED) is 0.935.